The van der Waals surface area contributed by atoms with E-state index in [1.807, 2.05) is 10.3 Å². The molecule has 6 nitrogen and oxygen atoms in total. The summed E-state index contributed by atoms with van der Waals surface area (Å²) in [5.41, 5.74) is 1.24. The molecular formula is C20H29N3O3S. The van der Waals surface area contributed by atoms with Gasteiger partial charge in [-0.3, -0.25) is 14.6 Å². The molecule has 1 aromatic rings. The molecule has 1 aliphatic carbocycles. The molecule has 2 aliphatic heterocycles. The molecule has 4 rings (SSSR count). The van der Waals surface area contributed by atoms with Gasteiger partial charge in [0.05, 0.1) is 0 Å². The first-order chi connectivity index (χ1) is 13.1. The van der Waals surface area contributed by atoms with Gasteiger partial charge >= 0.3 is 6.09 Å². The van der Waals surface area contributed by atoms with Gasteiger partial charge in [-0.2, -0.15) is 11.3 Å². The lowest BCUT2D eigenvalue weighted by atomic mass is 9.91. The summed E-state index contributed by atoms with van der Waals surface area (Å²) >= 11 is 1.66. The number of thiophene rings is 1. The summed E-state index contributed by atoms with van der Waals surface area (Å²) in [6, 6.07) is 2.29. The fourth-order valence-corrected chi connectivity index (χ4v) is 5.43. The van der Waals surface area contributed by atoms with E-state index in [4.69, 9.17) is 0 Å². The number of amides is 2. The second kappa shape index (κ2) is 8.19. The van der Waals surface area contributed by atoms with Gasteiger partial charge in [0, 0.05) is 38.8 Å². The summed E-state index contributed by atoms with van der Waals surface area (Å²) in [7, 11) is 0. The van der Waals surface area contributed by atoms with Crippen LogP contribution in [-0.4, -0.2) is 76.6 Å². The van der Waals surface area contributed by atoms with Crippen LogP contribution in [0.3, 0.4) is 0 Å². The number of hydrogen-bond acceptors (Lipinski definition) is 4. The van der Waals surface area contributed by atoms with Gasteiger partial charge in [0.15, 0.2) is 0 Å². The Morgan fingerprint density at radius 2 is 2.00 bits per heavy atom. The quantitative estimate of drug-likeness (QED) is 0.857. The normalized spacial score (nSPS) is 27.4. The van der Waals surface area contributed by atoms with Gasteiger partial charge in [0.1, 0.15) is 6.04 Å². The predicted octanol–water partition coefficient (Wildman–Crippen LogP) is 2.75. The van der Waals surface area contributed by atoms with Crippen LogP contribution in [0.15, 0.2) is 16.8 Å². The molecule has 3 heterocycles. The molecule has 0 unspecified atom stereocenters. The van der Waals surface area contributed by atoms with Crippen LogP contribution in [0.4, 0.5) is 4.79 Å². The Morgan fingerprint density at radius 3 is 2.67 bits per heavy atom. The molecular weight excluding hydrogens is 362 g/mol. The van der Waals surface area contributed by atoms with Crippen molar-refractivity contribution in [3.8, 4) is 0 Å². The van der Waals surface area contributed by atoms with Gasteiger partial charge in [-0.15, -0.1) is 0 Å². The lowest BCUT2D eigenvalue weighted by Gasteiger charge is -2.36. The number of nitrogens with zero attached hydrogens (tertiary/aromatic N) is 3. The molecule has 3 fully saturated rings. The van der Waals surface area contributed by atoms with Gasteiger partial charge in [-0.1, -0.05) is 6.42 Å². The third kappa shape index (κ3) is 4.14. The summed E-state index contributed by atoms with van der Waals surface area (Å²) in [6.45, 7) is 3.93. The number of carbonyl (C=O) groups excluding carboxylic acids is 1. The third-order valence-electron chi connectivity index (χ3n) is 6.46. The largest absolute Gasteiger partial charge is 0.465 e. The van der Waals surface area contributed by atoms with Crippen LogP contribution in [0.5, 0.6) is 0 Å². The molecule has 7 heteroatoms. The van der Waals surface area contributed by atoms with Crippen molar-refractivity contribution in [2.75, 3.05) is 32.7 Å². The Balaban J connectivity index is 1.39. The van der Waals surface area contributed by atoms with Crippen molar-refractivity contribution in [3.05, 3.63) is 22.4 Å². The van der Waals surface area contributed by atoms with Crippen LogP contribution in [0, 0.1) is 5.92 Å². The van der Waals surface area contributed by atoms with Crippen molar-refractivity contribution >= 4 is 23.3 Å². The molecule has 1 aromatic heterocycles. The minimum Gasteiger partial charge on any atom is -0.465 e. The van der Waals surface area contributed by atoms with Crippen LogP contribution in [0.2, 0.25) is 0 Å². The van der Waals surface area contributed by atoms with Crippen LogP contribution < -0.4 is 0 Å². The van der Waals surface area contributed by atoms with E-state index in [9.17, 15) is 14.7 Å². The smallest absolute Gasteiger partial charge is 0.407 e. The van der Waals surface area contributed by atoms with Crippen molar-refractivity contribution in [3.63, 3.8) is 0 Å². The Labute approximate surface area is 164 Å². The van der Waals surface area contributed by atoms with E-state index in [0.717, 1.165) is 39.0 Å². The second-order valence-corrected chi connectivity index (χ2v) is 8.97. The van der Waals surface area contributed by atoms with Gasteiger partial charge in [0.25, 0.3) is 0 Å². The van der Waals surface area contributed by atoms with Gasteiger partial charge in [-0.05, 0) is 60.4 Å². The van der Waals surface area contributed by atoms with Crippen molar-refractivity contribution < 1.29 is 14.7 Å². The molecule has 1 saturated carbocycles. The maximum atomic E-state index is 13.2. The standard InChI is InChI=1S/C20H29N3O3S/c24-19(22-7-2-6-21(8-9-22)17-3-1-4-17)18-12-16(13-23(18)20(25)26)11-15-5-10-27-14-15/h5,10,14,16-18H,1-4,6-9,11-13H2,(H,25,26)/t16-,18+/m1/s1. The number of likely N-dealkylation sites (tertiary alicyclic amines) is 1. The molecule has 0 radical (unpaired) electrons. The first kappa shape index (κ1) is 18.7. The third-order valence-corrected chi connectivity index (χ3v) is 7.19. The fraction of sp³-hybridized carbons (Fsp3) is 0.700. The maximum absolute atomic E-state index is 13.2. The molecule has 1 N–H and O–H groups in total. The SMILES string of the molecule is O=C([C@@H]1C[C@@H](Cc2ccsc2)CN1C(=O)O)N1CCCN(C2CCC2)CC1. The Morgan fingerprint density at radius 1 is 1.15 bits per heavy atom. The maximum Gasteiger partial charge on any atom is 0.407 e. The molecule has 3 aliphatic rings. The number of hydrogen-bond donors (Lipinski definition) is 1. The van der Waals surface area contributed by atoms with Crippen LogP contribution >= 0.6 is 11.3 Å². The average molecular weight is 392 g/mol. The van der Waals surface area contributed by atoms with E-state index in [2.05, 4.69) is 16.3 Å². The zero-order chi connectivity index (χ0) is 18.8. The Hall–Kier alpha value is -1.60. The minimum atomic E-state index is -0.966. The topological polar surface area (TPSA) is 64.1 Å². The Kier molecular flexibility index (Phi) is 5.68. The molecule has 0 bridgehead atoms. The molecule has 148 valence electrons. The minimum absolute atomic E-state index is 0.0145. The molecule has 2 saturated heterocycles. The van der Waals surface area contributed by atoms with E-state index in [0.29, 0.717) is 19.0 Å². The Bertz CT molecular complexity index is 661. The zero-order valence-corrected chi connectivity index (χ0v) is 16.6. The van der Waals surface area contributed by atoms with E-state index < -0.39 is 12.1 Å². The molecule has 2 atom stereocenters. The van der Waals surface area contributed by atoms with Crippen LogP contribution in [0.1, 0.15) is 37.7 Å². The fourth-order valence-electron chi connectivity index (χ4n) is 4.74. The number of carbonyl (C=O) groups is 2. The number of carboxylic acid groups (broad SMARTS) is 1. The lowest BCUT2D eigenvalue weighted by Crippen LogP contribution is -2.49. The summed E-state index contributed by atoms with van der Waals surface area (Å²) in [5.74, 6) is 0.240. The molecule has 0 spiro atoms. The summed E-state index contributed by atoms with van der Waals surface area (Å²) < 4.78 is 0. The van der Waals surface area contributed by atoms with Crippen molar-refractivity contribution in [2.45, 2.75) is 50.6 Å². The van der Waals surface area contributed by atoms with E-state index in [1.165, 1.54) is 29.7 Å². The van der Waals surface area contributed by atoms with Gasteiger partial charge in [0.2, 0.25) is 5.91 Å². The molecule has 2 amide bonds. The monoisotopic (exact) mass is 391 g/mol. The van der Waals surface area contributed by atoms with Crippen molar-refractivity contribution in [1.82, 2.24) is 14.7 Å². The van der Waals surface area contributed by atoms with Gasteiger partial charge < -0.3 is 10.0 Å². The van der Waals surface area contributed by atoms with Crippen molar-refractivity contribution in [1.29, 1.82) is 0 Å². The lowest BCUT2D eigenvalue weighted by molar-refractivity contribution is -0.135. The summed E-state index contributed by atoms with van der Waals surface area (Å²) in [6.07, 6.45) is 5.41. The second-order valence-electron chi connectivity index (χ2n) is 8.19. The van der Waals surface area contributed by atoms with Crippen molar-refractivity contribution in [2.24, 2.45) is 5.92 Å². The average Bonchev–Trinajstić information content (AvgIpc) is 3.19. The van der Waals surface area contributed by atoms with E-state index >= 15 is 0 Å². The highest BCUT2D eigenvalue weighted by molar-refractivity contribution is 7.07. The highest BCUT2D eigenvalue weighted by atomic mass is 32.1. The number of rotatable bonds is 4. The highest BCUT2D eigenvalue weighted by Crippen LogP contribution is 2.29. The van der Waals surface area contributed by atoms with E-state index in [-0.39, 0.29) is 11.8 Å². The predicted molar refractivity (Wildman–Crippen MR) is 105 cm³/mol. The van der Waals surface area contributed by atoms with Crippen LogP contribution in [0.25, 0.3) is 0 Å². The first-order valence-electron chi connectivity index (χ1n) is 10.2. The summed E-state index contributed by atoms with van der Waals surface area (Å²) in [5, 5.41) is 13.8. The molecule has 0 aromatic carbocycles. The first-order valence-corrected chi connectivity index (χ1v) is 11.1. The summed E-state index contributed by atoms with van der Waals surface area (Å²) in [4.78, 5) is 30.8. The van der Waals surface area contributed by atoms with Crippen LogP contribution in [-0.2, 0) is 11.2 Å². The molecule has 27 heavy (non-hydrogen) atoms. The highest BCUT2D eigenvalue weighted by Gasteiger charge is 2.41. The van der Waals surface area contributed by atoms with E-state index in [1.54, 1.807) is 11.3 Å². The zero-order valence-electron chi connectivity index (χ0n) is 15.8. The van der Waals surface area contributed by atoms with Gasteiger partial charge in [-0.25, -0.2) is 4.79 Å².